The van der Waals surface area contributed by atoms with Gasteiger partial charge in [-0.15, -0.1) is 0 Å². The largest absolute Gasteiger partial charge is 0.493 e. The molecular formula is C19H16Cl2N2O3S. The molecule has 3 rings (SSSR count). The molecule has 1 N–H and O–H groups in total. The van der Waals surface area contributed by atoms with Gasteiger partial charge in [0, 0.05) is 21.7 Å². The number of hydrogen-bond donors (Lipinski definition) is 1. The predicted octanol–water partition coefficient (Wildman–Crippen LogP) is 5.21. The van der Waals surface area contributed by atoms with Crippen LogP contribution in [0.4, 0.5) is 5.69 Å². The van der Waals surface area contributed by atoms with Gasteiger partial charge in [-0.1, -0.05) is 29.3 Å². The van der Waals surface area contributed by atoms with Crippen LogP contribution < -0.4 is 14.8 Å². The number of rotatable bonds is 4. The molecule has 0 unspecified atom stereocenters. The summed E-state index contributed by atoms with van der Waals surface area (Å²) in [6.07, 6.45) is 1.69. The Labute approximate surface area is 171 Å². The Morgan fingerprint density at radius 1 is 1.15 bits per heavy atom. The van der Waals surface area contributed by atoms with Gasteiger partial charge in [0.05, 0.1) is 24.8 Å². The minimum atomic E-state index is -0.252. The Morgan fingerprint density at radius 3 is 2.59 bits per heavy atom. The summed E-state index contributed by atoms with van der Waals surface area (Å²) in [5.41, 5.74) is 2.27. The van der Waals surface area contributed by atoms with Crippen molar-refractivity contribution in [2.45, 2.75) is 6.92 Å². The van der Waals surface area contributed by atoms with Crippen LogP contribution in [0.25, 0.3) is 6.08 Å². The van der Waals surface area contributed by atoms with Gasteiger partial charge in [-0.05, 0) is 48.5 Å². The van der Waals surface area contributed by atoms with Crippen LogP contribution in [0.2, 0.25) is 10.0 Å². The first-order valence-corrected chi connectivity index (χ1v) is 9.45. The molecule has 0 spiro atoms. The molecule has 2 aromatic carbocycles. The molecule has 0 bridgehead atoms. The number of hydrogen-bond acceptors (Lipinski definition) is 5. The van der Waals surface area contributed by atoms with Crippen LogP contribution in [-0.2, 0) is 4.79 Å². The van der Waals surface area contributed by atoms with E-state index in [4.69, 9.17) is 32.7 Å². The van der Waals surface area contributed by atoms with Crippen molar-refractivity contribution in [3.05, 3.63) is 56.4 Å². The van der Waals surface area contributed by atoms with Gasteiger partial charge in [0.25, 0.3) is 5.91 Å². The van der Waals surface area contributed by atoms with Crippen LogP contribution in [0.15, 0.2) is 40.2 Å². The van der Waals surface area contributed by atoms with E-state index in [0.717, 1.165) is 5.56 Å². The van der Waals surface area contributed by atoms with E-state index in [2.05, 4.69) is 10.3 Å². The van der Waals surface area contributed by atoms with Crippen molar-refractivity contribution < 1.29 is 14.3 Å². The smallest absolute Gasteiger partial charge is 0.264 e. The van der Waals surface area contributed by atoms with Crippen LogP contribution in [-0.4, -0.2) is 25.3 Å². The molecule has 1 amide bonds. The number of carbonyl (C=O) groups excluding carboxylic acids is 1. The Morgan fingerprint density at radius 2 is 1.93 bits per heavy atom. The minimum Gasteiger partial charge on any atom is -0.493 e. The summed E-state index contributed by atoms with van der Waals surface area (Å²) in [5, 5.41) is 4.32. The van der Waals surface area contributed by atoms with Crippen LogP contribution >= 0.6 is 35.0 Å². The fourth-order valence-corrected chi connectivity index (χ4v) is 3.68. The fourth-order valence-electron chi connectivity index (χ4n) is 2.46. The van der Waals surface area contributed by atoms with Gasteiger partial charge in [-0.25, -0.2) is 4.99 Å². The van der Waals surface area contributed by atoms with Gasteiger partial charge in [0.15, 0.2) is 16.7 Å². The third-order valence-corrected chi connectivity index (χ3v) is 5.33. The molecule has 1 heterocycles. The maximum absolute atomic E-state index is 12.3. The monoisotopic (exact) mass is 422 g/mol. The number of aryl methyl sites for hydroxylation is 1. The molecule has 0 radical (unpaired) electrons. The topological polar surface area (TPSA) is 59.9 Å². The second kappa shape index (κ2) is 8.25. The van der Waals surface area contributed by atoms with E-state index in [0.29, 0.717) is 42.9 Å². The van der Waals surface area contributed by atoms with Crippen LogP contribution in [0.1, 0.15) is 11.1 Å². The predicted molar refractivity (Wildman–Crippen MR) is 112 cm³/mol. The highest BCUT2D eigenvalue weighted by molar-refractivity contribution is 8.18. The van der Waals surface area contributed by atoms with Gasteiger partial charge >= 0.3 is 0 Å². The van der Waals surface area contributed by atoms with E-state index < -0.39 is 0 Å². The van der Waals surface area contributed by atoms with E-state index in [-0.39, 0.29) is 5.91 Å². The molecule has 0 aromatic heterocycles. The SMILES string of the molecule is COc1cc(Cl)cc(/C=C2\SC(=Nc3ccc(C)c(Cl)c3)NC2=O)c1OC. The van der Waals surface area contributed by atoms with Crippen molar-refractivity contribution in [3.8, 4) is 11.5 Å². The Hall–Kier alpha value is -2.15. The summed E-state index contributed by atoms with van der Waals surface area (Å²) < 4.78 is 10.7. The zero-order valence-corrected chi connectivity index (χ0v) is 17.1. The molecule has 0 saturated carbocycles. The number of amidine groups is 1. The van der Waals surface area contributed by atoms with Crippen molar-refractivity contribution in [1.82, 2.24) is 5.32 Å². The highest BCUT2D eigenvalue weighted by atomic mass is 35.5. The number of thioether (sulfide) groups is 1. The maximum Gasteiger partial charge on any atom is 0.264 e. The van der Waals surface area contributed by atoms with Crippen molar-refractivity contribution in [2.75, 3.05) is 14.2 Å². The molecule has 1 saturated heterocycles. The molecule has 1 fully saturated rings. The number of amides is 1. The molecule has 0 atom stereocenters. The molecule has 27 heavy (non-hydrogen) atoms. The van der Waals surface area contributed by atoms with Crippen molar-refractivity contribution in [3.63, 3.8) is 0 Å². The Kier molecular flexibility index (Phi) is 5.99. The lowest BCUT2D eigenvalue weighted by atomic mass is 10.1. The molecule has 0 aliphatic carbocycles. The van der Waals surface area contributed by atoms with Gasteiger partial charge in [-0.2, -0.15) is 0 Å². The highest BCUT2D eigenvalue weighted by Gasteiger charge is 2.25. The number of nitrogens with zero attached hydrogens (tertiary/aromatic N) is 1. The van der Waals surface area contributed by atoms with Crippen molar-refractivity contribution in [1.29, 1.82) is 0 Å². The highest BCUT2D eigenvalue weighted by Crippen LogP contribution is 2.38. The van der Waals surface area contributed by atoms with Gasteiger partial charge < -0.3 is 14.8 Å². The Bertz CT molecular complexity index is 974. The Balaban J connectivity index is 1.93. The van der Waals surface area contributed by atoms with E-state index in [1.54, 1.807) is 24.3 Å². The third-order valence-electron chi connectivity index (χ3n) is 3.80. The molecule has 1 aliphatic heterocycles. The second-order valence-electron chi connectivity index (χ2n) is 5.65. The summed E-state index contributed by atoms with van der Waals surface area (Å²) in [4.78, 5) is 17.2. The lowest BCUT2D eigenvalue weighted by molar-refractivity contribution is -0.115. The fraction of sp³-hybridized carbons (Fsp3) is 0.158. The number of carbonyl (C=O) groups is 1. The molecule has 5 nitrogen and oxygen atoms in total. The van der Waals surface area contributed by atoms with E-state index in [1.165, 1.54) is 26.0 Å². The zero-order valence-electron chi connectivity index (χ0n) is 14.8. The van der Waals surface area contributed by atoms with Gasteiger partial charge in [0.2, 0.25) is 0 Å². The normalized spacial score (nSPS) is 16.7. The maximum atomic E-state index is 12.3. The molecule has 1 aliphatic rings. The first kappa shape index (κ1) is 19.6. The number of methoxy groups -OCH3 is 2. The molecule has 2 aromatic rings. The van der Waals surface area contributed by atoms with Crippen molar-refractivity contribution >= 4 is 57.8 Å². The molecule has 140 valence electrons. The standard InChI is InChI=1S/C19H16Cl2N2O3S/c1-10-4-5-13(9-14(10)21)22-19-23-18(24)16(27-19)7-11-6-12(20)8-15(25-2)17(11)26-3/h4-9H,1-3H3,(H,22,23,24)/b16-7-. The van der Waals surface area contributed by atoms with E-state index >= 15 is 0 Å². The summed E-state index contributed by atoms with van der Waals surface area (Å²) in [7, 11) is 3.06. The summed E-state index contributed by atoms with van der Waals surface area (Å²) in [6, 6.07) is 8.83. The second-order valence-corrected chi connectivity index (χ2v) is 7.52. The number of nitrogens with one attached hydrogen (secondary N) is 1. The summed E-state index contributed by atoms with van der Waals surface area (Å²) in [6.45, 7) is 1.92. The van der Waals surface area contributed by atoms with Crippen molar-refractivity contribution in [2.24, 2.45) is 4.99 Å². The number of aliphatic imine (C=N–C) groups is 1. The third kappa shape index (κ3) is 4.40. The van der Waals surface area contributed by atoms with Gasteiger partial charge in [-0.3, -0.25) is 4.79 Å². The zero-order chi connectivity index (χ0) is 19.6. The first-order chi connectivity index (χ1) is 12.9. The van der Waals surface area contributed by atoms with E-state index in [1.807, 2.05) is 19.1 Å². The average Bonchev–Trinajstić information content (AvgIpc) is 2.96. The van der Waals surface area contributed by atoms with Gasteiger partial charge in [0.1, 0.15) is 0 Å². The van der Waals surface area contributed by atoms with Crippen LogP contribution in [0.3, 0.4) is 0 Å². The minimum absolute atomic E-state index is 0.252. The average molecular weight is 423 g/mol. The first-order valence-electron chi connectivity index (χ1n) is 7.88. The lowest BCUT2D eigenvalue weighted by Crippen LogP contribution is -2.19. The van der Waals surface area contributed by atoms with E-state index in [9.17, 15) is 4.79 Å². The number of halogens is 2. The summed E-state index contributed by atoms with van der Waals surface area (Å²) in [5.74, 6) is 0.736. The van der Waals surface area contributed by atoms with Crippen LogP contribution in [0, 0.1) is 6.92 Å². The number of ether oxygens (including phenoxy) is 2. The number of benzene rings is 2. The van der Waals surface area contributed by atoms with Crippen LogP contribution in [0.5, 0.6) is 11.5 Å². The lowest BCUT2D eigenvalue weighted by Gasteiger charge is -2.11. The molecular weight excluding hydrogens is 407 g/mol. The molecule has 8 heteroatoms. The summed E-state index contributed by atoms with van der Waals surface area (Å²) >= 11 is 13.5. The quantitative estimate of drug-likeness (QED) is 0.686.